The van der Waals surface area contributed by atoms with E-state index in [4.69, 9.17) is 0 Å². The standard InChI is InChI=1S/C7H7N2O2S.Rb/c1-5-2-6-7(8-3-5)4-12(10,11)9-6;/h2-3H,4H2,1H3;/q-1;+1. The molecule has 1 aliphatic rings. The molecular weight excluding hydrogens is 262 g/mol. The molecule has 0 aliphatic carbocycles. The van der Waals surface area contributed by atoms with Crippen molar-refractivity contribution in [2.45, 2.75) is 12.7 Å². The Balaban J connectivity index is 0.000000845. The zero-order chi connectivity index (χ0) is 8.77. The average Bonchev–Trinajstić information content (AvgIpc) is 2.21. The maximum atomic E-state index is 11.0. The summed E-state index contributed by atoms with van der Waals surface area (Å²) in [6.07, 6.45) is 1.65. The Morgan fingerprint density at radius 3 is 2.92 bits per heavy atom. The summed E-state index contributed by atoms with van der Waals surface area (Å²) in [5.41, 5.74) is 1.98. The number of aromatic nitrogens is 1. The monoisotopic (exact) mass is 268 g/mol. The van der Waals surface area contributed by atoms with Crippen LogP contribution < -0.4 is 58.2 Å². The van der Waals surface area contributed by atoms with E-state index in [1.165, 1.54) is 0 Å². The normalized spacial score (nSPS) is 17.0. The molecule has 1 aliphatic heterocycles. The van der Waals surface area contributed by atoms with Crippen molar-refractivity contribution in [3.05, 3.63) is 28.2 Å². The average molecular weight is 269 g/mol. The smallest absolute Gasteiger partial charge is 0.575 e. The first-order valence-electron chi connectivity index (χ1n) is 3.48. The number of aryl methyl sites for hydroxylation is 1. The van der Waals surface area contributed by atoms with Gasteiger partial charge in [0.2, 0.25) is 0 Å². The fourth-order valence-corrected chi connectivity index (χ4v) is 2.22. The van der Waals surface area contributed by atoms with Crippen LogP contribution in [0, 0.1) is 6.92 Å². The second-order valence-corrected chi connectivity index (χ2v) is 4.43. The van der Waals surface area contributed by atoms with E-state index in [0.717, 1.165) is 5.56 Å². The molecule has 0 spiro atoms. The molecule has 0 atom stereocenters. The van der Waals surface area contributed by atoms with Gasteiger partial charge < -0.3 is 4.72 Å². The third-order valence-electron chi connectivity index (χ3n) is 1.64. The van der Waals surface area contributed by atoms with Gasteiger partial charge in [-0.2, -0.15) is 0 Å². The van der Waals surface area contributed by atoms with Gasteiger partial charge >= 0.3 is 58.2 Å². The zero-order valence-corrected chi connectivity index (χ0v) is 13.2. The second-order valence-electron chi connectivity index (χ2n) is 2.80. The molecule has 0 saturated heterocycles. The quantitative estimate of drug-likeness (QED) is 0.560. The Kier molecular flexibility index (Phi) is 3.68. The minimum absolute atomic E-state index is 0. The van der Waals surface area contributed by atoms with Crippen molar-refractivity contribution in [2.24, 2.45) is 0 Å². The molecule has 0 amide bonds. The van der Waals surface area contributed by atoms with Crippen LogP contribution in [-0.2, 0) is 15.8 Å². The molecule has 0 N–H and O–H groups in total. The number of hydrogen-bond donors (Lipinski definition) is 0. The Morgan fingerprint density at radius 1 is 1.54 bits per heavy atom. The molecule has 64 valence electrons. The van der Waals surface area contributed by atoms with Gasteiger partial charge in [-0.15, -0.1) is 5.69 Å². The molecule has 0 saturated carbocycles. The van der Waals surface area contributed by atoms with Crippen LogP contribution >= 0.6 is 0 Å². The predicted octanol–water partition coefficient (Wildman–Crippen LogP) is -1.76. The molecule has 13 heavy (non-hydrogen) atoms. The van der Waals surface area contributed by atoms with Crippen molar-refractivity contribution in [2.75, 3.05) is 0 Å². The van der Waals surface area contributed by atoms with Crippen LogP contribution in [0.3, 0.4) is 0 Å². The molecule has 0 bridgehead atoms. The molecular formula is C7H7N2O2RbS. The van der Waals surface area contributed by atoms with Crippen LogP contribution in [0.15, 0.2) is 12.3 Å². The molecule has 2 rings (SSSR count). The van der Waals surface area contributed by atoms with Gasteiger partial charge in [0.25, 0.3) is 0 Å². The number of hydrogen-bond acceptors (Lipinski definition) is 3. The van der Waals surface area contributed by atoms with Gasteiger partial charge in [0.1, 0.15) is 0 Å². The zero-order valence-electron chi connectivity index (χ0n) is 7.48. The maximum absolute atomic E-state index is 11.0. The molecule has 6 heteroatoms. The number of sulfonamides is 1. The van der Waals surface area contributed by atoms with E-state index >= 15 is 0 Å². The molecule has 0 radical (unpaired) electrons. The molecule has 4 nitrogen and oxygen atoms in total. The van der Waals surface area contributed by atoms with Gasteiger partial charge in [-0.25, -0.2) is 8.42 Å². The molecule has 0 fully saturated rings. The summed E-state index contributed by atoms with van der Waals surface area (Å²) >= 11 is 0. The largest absolute Gasteiger partial charge is 1.00 e. The van der Waals surface area contributed by atoms with Crippen molar-refractivity contribution in [3.8, 4) is 0 Å². The number of fused-ring (bicyclic) bond motifs is 1. The van der Waals surface area contributed by atoms with E-state index in [1.807, 2.05) is 6.92 Å². The molecule has 0 unspecified atom stereocenters. The van der Waals surface area contributed by atoms with E-state index in [9.17, 15) is 8.42 Å². The second kappa shape index (κ2) is 4.06. The number of pyridine rings is 1. The summed E-state index contributed by atoms with van der Waals surface area (Å²) in [7, 11) is -3.26. The Morgan fingerprint density at radius 2 is 2.23 bits per heavy atom. The minimum atomic E-state index is -3.26. The van der Waals surface area contributed by atoms with Crippen molar-refractivity contribution < 1.29 is 66.6 Å². The molecule has 0 aromatic carbocycles. The fourth-order valence-electron chi connectivity index (χ4n) is 1.13. The third-order valence-corrected chi connectivity index (χ3v) is 2.75. The van der Waals surface area contributed by atoms with E-state index in [0.29, 0.717) is 11.4 Å². The molecule has 2 heterocycles. The van der Waals surface area contributed by atoms with Crippen molar-refractivity contribution in [3.63, 3.8) is 0 Å². The SMILES string of the molecule is Cc1cnc2c(c1)[N-]S(=O)(=O)C2.[Rb+]. The van der Waals surface area contributed by atoms with E-state index in [-0.39, 0.29) is 63.9 Å². The van der Waals surface area contributed by atoms with Crippen molar-refractivity contribution in [1.82, 2.24) is 4.98 Å². The van der Waals surface area contributed by atoms with E-state index in [2.05, 4.69) is 9.71 Å². The van der Waals surface area contributed by atoms with Crippen LogP contribution in [0.2, 0.25) is 0 Å². The first-order valence-corrected chi connectivity index (χ1v) is 5.09. The Labute approximate surface area is 126 Å². The van der Waals surface area contributed by atoms with E-state index in [1.54, 1.807) is 12.3 Å². The fraction of sp³-hybridized carbons (Fsp3) is 0.286. The Hall–Kier alpha value is 0.705. The van der Waals surface area contributed by atoms with Gasteiger partial charge in [0.05, 0.1) is 15.8 Å². The molecule has 1 aromatic rings. The summed E-state index contributed by atoms with van der Waals surface area (Å²) in [6.45, 7) is 1.85. The summed E-state index contributed by atoms with van der Waals surface area (Å²) in [4.78, 5) is 3.98. The molecule has 1 aromatic heterocycles. The van der Waals surface area contributed by atoms with Gasteiger partial charge in [-0.3, -0.25) is 4.98 Å². The van der Waals surface area contributed by atoms with Crippen LogP contribution in [0.1, 0.15) is 11.3 Å². The van der Waals surface area contributed by atoms with Gasteiger partial charge in [0, 0.05) is 11.9 Å². The summed E-state index contributed by atoms with van der Waals surface area (Å²) < 4.78 is 25.5. The first kappa shape index (κ1) is 11.8. The van der Waals surface area contributed by atoms with Crippen LogP contribution in [-0.4, -0.2) is 13.4 Å². The first-order chi connectivity index (χ1) is 5.57. The topological polar surface area (TPSA) is 61.1 Å². The minimum Gasteiger partial charge on any atom is -0.575 e. The van der Waals surface area contributed by atoms with Crippen molar-refractivity contribution in [1.29, 1.82) is 0 Å². The number of nitrogens with zero attached hydrogens (tertiary/aromatic N) is 2. The summed E-state index contributed by atoms with van der Waals surface area (Å²) in [6, 6.07) is 1.73. The van der Waals surface area contributed by atoms with Gasteiger partial charge in [0.15, 0.2) is 0 Å². The maximum Gasteiger partial charge on any atom is 1.00 e. The van der Waals surface area contributed by atoms with E-state index < -0.39 is 10.0 Å². The van der Waals surface area contributed by atoms with Crippen LogP contribution in [0.5, 0.6) is 0 Å². The van der Waals surface area contributed by atoms with Crippen LogP contribution in [0.4, 0.5) is 5.69 Å². The van der Waals surface area contributed by atoms with Gasteiger partial charge in [-0.05, 0) is 12.5 Å². The van der Waals surface area contributed by atoms with Gasteiger partial charge in [-0.1, -0.05) is 6.07 Å². The van der Waals surface area contributed by atoms with Crippen LogP contribution in [0.25, 0.3) is 4.72 Å². The Bertz CT molecular complexity index is 430. The predicted molar refractivity (Wildman–Crippen MR) is 44.6 cm³/mol. The summed E-state index contributed by atoms with van der Waals surface area (Å²) in [5, 5.41) is 0. The summed E-state index contributed by atoms with van der Waals surface area (Å²) in [5.74, 6) is -0.0530. The van der Waals surface area contributed by atoms with Crippen molar-refractivity contribution >= 4 is 15.7 Å². The third kappa shape index (κ3) is 2.59. The number of rotatable bonds is 0.